The first kappa shape index (κ1) is 23.8. The van der Waals surface area contributed by atoms with E-state index in [2.05, 4.69) is 15.2 Å². The van der Waals surface area contributed by atoms with Crippen molar-refractivity contribution < 1.29 is 33.3 Å². The number of H-pyrrole nitrogens is 1. The molecule has 3 rings (SSSR count). The molecule has 2 aromatic rings. The van der Waals surface area contributed by atoms with E-state index in [1.54, 1.807) is 13.0 Å². The third-order valence-electron chi connectivity index (χ3n) is 5.59. The van der Waals surface area contributed by atoms with Crippen LogP contribution in [-0.4, -0.2) is 79.7 Å². The number of aliphatic hydroxyl groups is 1. The summed E-state index contributed by atoms with van der Waals surface area (Å²) in [6.07, 6.45) is 1.08. The van der Waals surface area contributed by atoms with Gasteiger partial charge in [0.1, 0.15) is 11.4 Å². The van der Waals surface area contributed by atoms with Crippen molar-refractivity contribution in [3.63, 3.8) is 0 Å². The predicted octanol–water partition coefficient (Wildman–Crippen LogP) is 2.29. The Kier molecular flexibility index (Phi) is 8.29. The molecule has 1 atom stereocenters. The summed E-state index contributed by atoms with van der Waals surface area (Å²) in [5, 5.41) is 12.6. The number of fused-ring (bicyclic) bond motifs is 1. The number of halogens is 1. The summed E-state index contributed by atoms with van der Waals surface area (Å²) in [7, 11) is 1.43. The summed E-state index contributed by atoms with van der Waals surface area (Å²) in [5.41, 5.74) is 0.786. The Morgan fingerprint density at radius 2 is 2.06 bits per heavy atom. The Bertz CT molecular complexity index is 926. The number of likely N-dealkylation sites (tertiary alicyclic amines) is 1. The standard InChI is InChI=1S/C22H30FN3O6/c1-3-31-22(29)24-16(12-27)11-26-8-6-14(7-9-26)13-32-21(28)19-17-10-15(23)4-5-18(17)25-20(19)30-2/h4-5,10,14,16,25,27H,3,6-9,11-13H2,1-2H3,(H,24,29)/t16-/m0/s1. The van der Waals surface area contributed by atoms with E-state index in [1.807, 2.05) is 0 Å². The number of piperidine rings is 1. The fraction of sp³-hybridized carbons (Fsp3) is 0.545. The van der Waals surface area contributed by atoms with E-state index in [4.69, 9.17) is 14.2 Å². The van der Waals surface area contributed by atoms with Crippen molar-refractivity contribution in [2.24, 2.45) is 5.92 Å². The number of aromatic amines is 1. The average Bonchev–Trinajstić information content (AvgIpc) is 3.15. The number of hydrogen-bond donors (Lipinski definition) is 3. The molecule has 2 heterocycles. The summed E-state index contributed by atoms with van der Waals surface area (Å²) in [5.74, 6) is -0.567. The summed E-state index contributed by atoms with van der Waals surface area (Å²) < 4.78 is 29.3. The molecular formula is C22H30FN3O6. The molecule has 32 heavy (non-hydrogen) atoms. The molecule has 0 saturated carbocycles. The average molecular weight is 451 g/mol. The van der Waals surface area contributed by atoms with E-state index in [0.717, 1.165) is 25.9 Å². The number of benzene rings is 1. The van der Waals surface area contributed by atoms with Gasteiger partial charge in [0, 0.05) is 17.4 Å². The minimum atomic E-state index is -0.555. The highest BCUT2D eigenvalue weighted by atomic mass is 19.1. The zero-order valence-electron chi connectivity index (χ0n) is 18.4. The van der Waals surface area contributed by atoms with Crippen LogP contribution >= 0.6 is 0 Å². The van der Waals surface area contributed by atoms with Gasteiger partial charge in [0.05, 0.1) is 33.0 Å². The molecule has 3 N–H and O–H groups in total. The lowest BCUT2D eigenvalue weighted by Gasteiger charge is -2.33. The smallest absolute Gasteiger partial charge is 0.407 e. The van der Waals surface area contributed by atoms with Gasteiger partial charge in [-0.1, -0.05) is 0 Å². The van der Waals surface area contributed by atoms with Crippen molar-refractivity contribution in [3.05, 3.63) is 29.6 Å². The Balaban J connectivity index is 1.50. The van der Waals surface area contributed by atoms with E-state index < -0.39 is 23.9 Å². The van der Waals surface area contributed by atoms with Crippen LogP contribution in [0.25, 0.3) is 10.9 Å². The zero-order chi connectivity index (χ0) is 23.1. The number of aliphatic hydroxyl groups excluding tert-OH is 1. The fourth-order valence-corrected chi connectivity index (χ4v) is 3.90. The topological polar surface area (TPSA) is 113 Å². The molecule has 0 bridgehead atoms. The Morgan fingerprint density at radius 1 is 1.31 bits per heavy atom. The number of ether oxygens (including phenoxy) is 3. The number of nitrogens with one attached hydrogen (secondary N) is 2. The van der Waals surface area contributed by atoms with Crippen LogP contribution in [0.2, 0.25) is 0 Å². The molecular weight excluding hydrogens is 421 g/mol. The van der Waals surface area contributed by atoms with Crippen molar-refractivity contribution in [1.82, 2.24) is 15.2 Å². The van der Waals surface area contributed by atoms with Crippen molar-refractivity contribution in [2.45, 2.75) is 25.8 Å². The van der Waals surface area contributed by atoms with E-state index >= 15 is 0 Å². The van der Waals surface area contributed by atoms with Gasteiger partial charge in [0.2, 0.25) is 5.88 Å². The van der Waals surface area contributed by atoms with Crippen molar-refractivity contribution in [1.29, 1.82) is 0 Å². The first-order valence-electron chi connectivity index (χ1n) is 10.7. The molecule has 9 nitrogen and oxygen atoms in total. The number of methoxy groups -OCH3 is 1. The van der Waals surface area contributed by atoms with E-state index in [-0.39, 0.29) is 37.2 Å². The predicted molar refractivity (Wildman–Crippen MR) is 115 cm³/mol. The maximum atomic E-state index is 13.7. The highest BCUT2D eigenvalue weighted by Crippen LogP contribution is 2.30. The molecule has 1 saturated heterocycles. The van der Waals surface area contributed by atoms with Gasteiger partial charge < -0.3 is 34.5 Å². The van der Waals surface area contributed by atoms with Gasteiger partial charge in [-0.25, -0.2) is 14.0 Å². The summed E-state index contributed by atoms with van der Waals surface area (Å²) in [6, 6.07) is 3.74. The number of carbonyl (C=O) groups excluding carboxylic acids is 2. The number of carbonyl (C=O) groups is 2. The molecule has 0 aliphatic carbocycles. The van der Waals surface area contributed by atoms with Crippen LogP contribution in [-0.2, 0) is 9.47 Å². The third-order valence-corrected chi connectivity index (χ3v) is 5.59. The van der Waals surface area contributed by atoms with Gasteiger partial charge in [0.25, 0.3) is 0 Å². The molecule has 176 valence electrons. The van der Waals surface area contributed by atoms with E-state index in [9.17, 15) is 19.1 Å². The van der Waals surface area contributed by atoms with Gasteiger partial charge in [-0.2, -0.15) is 0 Å². The van der Waals surface area contributed by atoms with Gasteiger partial charge in [-0.15, -0.1) is 0 Å². The molecule has 0 radical (unpaired) electrons. The molecule has 1 aromatic heterocycles. The maximum absolute atomic E-state index is 13.7. The number of alkyl carbamates (subject to hydrolysis) is 1. The second-order valence-electron chi connectivity index (χ2n) is 7.81. The molecule has 1 fully saturated rings. The normalized spacial score (nSPS) is 16.0. The van der Waals surface area contributed by atoms with Crippen LogP contribution in [0.3, 0.4) is 0 Å². The number of hydrogen-bond acceptors (Lipinski definition) is 7. The van der Waals surface area contributed by atoms with Crippen LogP contribution in [0.4, 0.5) is 9.18 Å². The molecule has 1 amide bonds. The van der Waals surface area contributed by atoms with Crippen molar-refractivity contribution in [3.8, 4) is 5.88 Å². The fourth-order valence-electron chi connectivity index (χ4n) is 3.90. The summed E-state index contributed by atoms with van der Waals surface area (Å²) in [6.45, 7) is 4.09. The molecule has 1 aliphatic heterocycles. The molecule has 0 unspecified atom stereocenters. The van der Waals surface area contributed by atoms with Crippen LogP contribution in [0.15, 0.2) is 18.2 Å². The first-order valence-corrected chi connectivity index (χ1v) is 10.7. The van der Waals surface area contributed by atoms with Crippen LogP contribution in [0, 0.1) is 11.7 Å². The Labute approximate surface area is 185 Å². The van der Waals surface area contributed by atoms with Gasteiger partial charge in [-0.3, -0.25) is 0 Å². The minimum absolute atomic E-state index is 0.177. The third kappa shape index (κ3) is 5.89. The van der Waals surface area contributed by atoms with Crippen molar-refractivity contribution >= 4 is 23.0 Å². The Morgan fingerprint density at radius 3 is 2.72 bits per heavy atom. The number of aromatic nitrogens is 1. The number of amides is 1. The maximum Gasteiger partial charge on any atom is 0.407 e. The number of nitrogens with zero attached hydrogens (tertiary/aromatic N) is 1. The second kappa shape index (κ2) is 11.1. The van der Waals surface area contributed by atoms with E-state index in [0.29, 0.717) is 17.4 Å². The lowest BCUT2D eigenvalue weighted by atomic mass is 9.97. The summed E-state index contributed by atoms with van der Waals surface area (Å²) in [4.78, 5) is 29.4. The van der Waals surface area contributed by atoms with E-state index in [1.165, 1.54) is 19.2 Å². The van der Waals surface area contributed by atoms with Crippen LogP contribution < -0.4 is 10.1 Å². The van der Waals surface area contributed by atoms with Crippen LogP contribution in [0.1, 0.15) is 30.1 Å². The summed E-state index contributed by atoms with van der Waals surface area (Å²) >= 11 is 0. The van der Waals surface area contributed by atoms with Gasteiger partial charge in [0.15, 0.2) is 0 Å². The SMILES string of the molecule is CCOC(=O)N[C@H](CO)CN1CCC(COC(=O)c2c(OC)[nH]c3ccc(F)cc23)CC1. The lowest BCUT2D eigenvalue weighted by Crippen LogP contribution is -2.48. The minimum Gasteiger partial charge on any atom is -0.482 e. The molecule has 1 aliphatic rings. The number of rotatable bonds is 9. The quantitative estimate of drug-likeness (QED) is 0.502. The lowest BCUT2D eigenvalue weighted by molar-refractivity contribution is 0.0362. The monoisotopic (exact) mass is 451 g/mol. The first-order chi connectivity index (χ1) is 15.4. The Hall–Kier alpha value is -2.85. The molecule has 0 spiro atoms. The zero-order valence-corrected chi connectivity index (χ0v) is 18.4. The second-order valence-corrected chi connectivity index (χ2v) is 7.81. The molecule has 1 aromatic carbocycles. The highest BCUT2D eigenvalue weighted by molar-refractivity contribution is 6.06. The number of esters is 1. The largest absolute Gasteiger partial charge is 0.482 e. The molecule has 10 heteroatoms. The van der Waals surface area contributed by atoms with Crippen LogP contribution in [0.5, 0.6) is 5.88 Å². The van der Waals surface area contributed by atoms with Gasteiger partial charge >= 0.3 is 12.1 Å². The van der Waals surface area contributed by atoms with Crippen molar-refractivity contribution in [2.75, 3.05) is 46.6 Å². The van der Waals surface area contributed by atoms with Gasteiger partial charge in [-0.05, 0) is 57.0 Å². The highest BCUT2D eigenvalue weighted by Gasteiger charge is 2.26.